The van der Waals surface area contributed by atoms with Crippen LogP contribution in [-0.2, 0) is 0 Å². The van der Waals surface area contributed by atoms with E-state index in [0.29, 0.717) is 22.9 Å². The molecule has 0 aliphatic carbocycles. The van der Waals surface area contributed by atoms with Crippen molar-refractivity contribution in [3.63, 3.8) is 0 Å². The standard InChI is InChI=1S/C10H8N6/c11-7-3-1-5-12-9(7)10-15-14-8-4-2-6-13-16(8)10/h1-6H,11H2. The van der Waals surface area contributed by atoms with Crippen LogP contribution in [0.3, 0.4) is 0 Å². The van der Waals surface area contributed by atoms with E-state index in [-0.39, 0.29) is 0 Å². The van der Waals surface area contributed by atoms with Crippen molar-refractivity contribution in [3.05, 3.63) is 36.7 Å². The van der Waals surface area contributed by atoms with Crippen LogP contribution in [0.2, 0.25) is 0 Å². The van der Waals surface area contributed by atoms with E-state index in [1.165, 1.54) is 0 Å². The molecule has 3 rings (SSSR count). The summed E-state index contributed by atoms with van der Waals surface area (Å²) >= 11 is 0. The molecule has 0 saturated heterocycles. The normalized spacial score (nSPS) is 10.8. The van der Waals surface area contributed by atoms with Gasteiger partial charge in [0.05, 0.1) is 5.69 Å². The van der Waals surface area contributed by atoms with Gasteiger partial charge in [-0.15, -0.1) is 10.2 Å². The van der Waals surface area contributed by atoms with Gasteiger partial charge in [-0.3, -0.25) is 4.98 Å². The Morgan fingerprint density at radius 3 is 2.81 bits per heavy atom. The van der Waals surface area contributed by atoms with E-state index in [9.17, 15) is 0 Å². The first-order valence-electron chi connectivity index (χ1n) is 4.73. The van der Waals surface area contributed by atoms with Gasteiger partial charge in [-0.2, -0.15) is 9.61 Å². The number of pyridine rings is 1. The van der Waals surface area contributed by atoms with Crippen molar-refractivity contribution in [3.8, 4) is 11.5 Å². The first-order chi connectivity index (χ1) is 7.86. The maximum Gasteiger partial charge on any atom is 0.205 e. The van der Waals surface area contributed by atoms with E-state index in [1.54, 1.807) is 35.1 Å². The lowest BCUT2D eigenvalue weighted by atomic mass is 10.3. The number of hydrogen-bond acceptors (Lipinski definition) is 5. The number of nitrogens with zero attached hydrogens (tertiary/aromatic N) is 5. The number of nitrogens with two attached hydrogens (primary N) is 1. The van der Waals surface area contributed by atoms with Gasteiger partial charge in [0.15, 0.2) is 5.65 Å². The third kappa shape index (κ3) is 1.20. The molecule has 0 aromatic carbocycles. The molecule has 3 aromatic heterocycles. The zero-order valence-electron chi connectivity index (χ0n) is 8.28. The van der Waals surface area contributed by atoms with Crippen LogP contribution in [0.15, 0.2) is 36.7 Å². The monoisotopic (exact) mass is 212 g/mol. The molecule has 0 amide bonds. The summed E-state index contributed by atoms with van der Waals surface area (Å²) < 4.78 is 1.61. The predicted molar refractivity (Wildman–Crippen MR) is 58.4 cm³/mol. The summed E-state index contributed by atoms with van der Waals surface area (Å²) in [5.74, 6) is 0.550. The second-order valence-electron chi connectivity index (χ2n) is 3.26. The quantitative estimate of drug-likeness (QED) is 0.644. The average Bonchev–Trinajstić information content (AvgIpc) is 2.74. The highest BCUT2D eigenvalue weighted by Crippen LogP contribution is 2.20. The summed E-state index contributed by atoms with van der Waals surface area (Å²) in [6.07, 6.45) is 3.33. The number of hydrogen-bond donors (Lipinski definition) is 1. The van der Waals surface area contributed by atoms with Gasteiger partial charge in [0, 0.05) is 12.4 Å². The Kier molecular flexibility index (Phi) is 1.79. The molecule has 0 unspecified atom stereocenters. The topological polar surface area (TPSA) is 82.0 Å². The Labute approximate surface area is 90.8 Å². The van der Waals surface area contributed by atoms with Crippen molar-refractivity contribution in [1.29, 1.82) is 0 Å². The Hall–Kier alpha value is -2.50. The van der Waals surface area contributed by atoms with E-state index >= 15 is 0 Å². The lowest BCUT2D eigenvalue weighted by molar-refractivity contribution is 0.930. The summed E-state index contributed by atoms with van der Waals surface area (Å²) in [4.78, 5) is 4.18. The molecule has 0 atom stereocenters. The minimum Gasteiger partial charge on any atom is -0.397 e. The molecule has 3 aromatic rings. The van der Waals surface area contributed by atoms with Crippen molar-refractivity contribution in [2.45, 2.75) is 0 Å². The first kappa shape index (κ1) is 8.78. The highest BCUT2D eigenvalue weighted by atomic mass is 15.4. The molecule has 6 nitrogen and oxygen atoms in total. The fraction of sp³-hybridized carbons (Fsp3) is 0. The summed E-state index contributed by atoms with van der Waals surface area (Å²) in [5, 5.41) is 12.2. The molecule has 3 heterocycles. The third-order valence-corrected chi connectivity index (χ3v) is 2.23. The third-order valence-electron chi connectivity index (χ3n) is 2.23. The first-order valence-corrected chi connectivity index (χ1v) is 4.73. The summed E-state index contributed by atoms with van der Waals surface area (Å²) in [6, 6.07) is 7.17. The molecule has 0 saturated carbocycles. The predicted octanol–water partition coefficient (Wildman–Crippen LogP) is 0.768. The Morgan fingerprint density at radius 2 is 1.94 bits per heavy atom. The fourth-order valence-corrected chi connectivity index (χ4v) is 1.50. The second kappa shape index (κ2) is 3.27. The molecule has 0 spiro atoms. The molecule has 78 valence electrons. The van der Waals surface area contributed by atoms with Crippen molar-refractivity contribution < 1.29 is 0 Å². The highest BCUT2D eigenvalue weighted by Gasteiger charge is 2.11. The van der Waals surface area contributed by atoms with Gasteiger partial charge in [-0.25, -0.2) is 0 Å². The summed E-state index contributed by atoms with van der Waals surface area (Å²) in [5.41, 5.74) is 7.65. The summed E-state index contributed by atoms with van der Waals surface area (Å²) in [7, 11) is 0. The lowest BCUT2D eigenvalue weighted by Crippen LogP contribution is -1.98. The van der Waals surface area contributed by atoms with Gasteiger partial charge >= 0.3 is 0 Å². The van der Waals surface area contributed by atoms with Gasteiger partial charge in [-0.1, -0.05) is 0 Å². The molecule has 0 radical (unpaired) electrons. The average molecular weight is 212 g/mol. The van der Waals surface area contributed by atoms with Crippen LogP contribution < -0.4 is 5.73 Å². The van der Waals surface area contributed by atoms with Crippen LogP contribution in [0, 0.1) is 0 Å². The van der Waals surface area contributed by atoms with Crippen molar-refractivity contribution in [1.82, 2.24) is 24.8 Å². The van der Waals surface area contributed by atoms with Crippen molar-refractivity contribution in [2.24, 2.45) is 0 Å². The Bertz CT molecular complexity index is 644. The summed E-state index contributed by atoms with van der Waals surface area (Å²) in [6.45, 7) is 0. The van der Waals surface area contributed by atoms with E-state index in [1.807, 2.05) is 6.07 Å². The Balaban J connectivity index is 2.31. The number of aromatic nitrogens is 5. The van der Waals surface area contributed by atoms with Crippen LogP contribution in [0.1, 0.15) is 0 Å². The zero-order valence-corrected chi connectivity index (χ0v) is 8.28. The zero-order chi connectivity index (χ0) is 11.0. The minimum atomic E-state index is 0.550. The van der Waals surface area contributed by atoms with Gasteiger partial charge < -0.3 is 5.73 Å². The molecule has 0 aliphatic rings. The SMILES string of the molecule is Nc1cccnc1-c1nnc2cccnn12. The van der Waals surface area contributed by atoms with E-state index in [0.717, 1.165) is 0 Å². The van der Waals surface area contributed by atoms with E-state index in [2.05, 4.69) is 20.3 Å². The largest absolute Gasteiger partial charge is 0.397 e. The molecular formula is C10H8N6. The van der Waals surface area contributed by atoms with Crippen molar-refractivity contribution in [2.75, 3.05) is 5.73 Å². The maximum absolute atomic E-state index is 5.83. The van der Waals surface area contributed by atoms with Gasteiger partial charge in [-0.05, 0) is 24.3 Å². The van der Waals surface area contributed by atoms with Crippen LogP contribution in [-0.4, -0.2) is 24.8 Å². The fourth-order valence-electron chi connectivity index (χ4n) is 1.50. The highest BCUT2D eigenvalue weighted by molar-refractivity contribution is 5.68. The molecule has 6 heteroatoms. The Morgan fingerprint density at radius 1 is 1.06 bits per heavy atom. The van der Waals surface area contributed by atoms with Gasteiger partial charge in [0.2, 0.25) is 5.82 Å². The number of fused-ring (bicyclic) bond motifs is 1. The molecule has 0 bridgehead atoms. The maximum atomic E-state index is 5.83. The van der Waals surface area contributed by atoms with Crippen LogP contribution in [0.5, 0.6) is 0 Å². The number of anilines is 1. The molecule has 0 fully saturated rings. The number of rotatable bonds is 1. The van der Waals surface area contributed by atoms with Crippen LogP contribution in [0.25, 0.3) is 17.2 Å². The molecule has 16 heavy (non-hydrogen) atoms. The minimum absolute atomic E-state index is 0.550. The molecule has 2 N–H and O–H groups in total. The lowest BCUT2D eigenvalue weighted by Gasteiger charge is -2.00. The van der Waals surface area contributed by atoms with Crippen LogP contribution in [0.4, 0.5) is 5.69 Å². The van der Waals surface area contributed by atoms with Gasteiger partial charge in [0.25, 0.3) is 0 Å². The number of nitrogen functional groups attached to an aromatic ring is 1. The smallest absolute Gasteiger partial charge is 0.205 e. The van der Waals surface area contributed by atoms with E-state index in [4.69, 9.17) is 5.73 Å². The molecule has 0 aliphatic heterocycles. The second-order valence-corrected chi connectivity index (χ2v) is 3.26. The van der Waals surface area contributed by atoms with Gasteiger partial charge in [0.1, 0.15) is 5.69 Å². The van der Waals surface area contributed by atoms with Crippen LogP contribution >= 0.6 is 0 Å². The van der Waals surface area contributed by atoms with Crippen molar-refractivity contribution >= 4 is 11.3 Å². The molecular weight excluding hydrogens is 204 g/mol. The van der Waals surface area contributed by atoms with E-state index < -0.39 is 0 Å².